The molecule has 17 heavy (non-hydrogen) atoms. The van der Waals surface area contributed by atoms with Gasteiger partial charge in [-0.2, -0.15) is 0 Å². The lowest BCUT2D eigenvalue weighted by molar-refractivity contribution is 0.555. The van der Waals surface area contributed by atoms with Crippen molar-refractivity contribution in [1.82, 2.24) is 4.90 Å². The number of nitrogens with zero attached hydrogens (tertiary/aromatic N) is 3. The van der Waals surface area contributed by atoms with Crippen LogP contribution < -0.4 is 5.73 Å². The lowest BCUT2D eigenvalue weighted by atomic mass is 10.2. The van der Waals surface area contributed by atoms with Gasteiger partial charge in [-0.25, -0.2) is 4.99 Å². The van der Waals surface area contributed by atoms with Crippen molar-refractivity contribution in [2.75, 3.05) is 21.1 Å². The van der Waals surface area contributed by atoms with E-state index in [1.165, 1.54) is 12.6 Å². The zero-order valence-corrected chi connectivity index (χ0v) is 12.4. The summed E-state index contributed by atoms with van der Waals surface area (Å²) in [5, 5.41) is 0. The number of allylic oxidation sites excluding steroid dienone is 1. The number of rotatable bonds is 0. The molecular weight excluding hydrogens is 212 g/mol. The summed E-state index contributed by atoms with van der Waals surface area (Å²) in [6.45, 7) is 14.9. The second-order valence-electron chi connectivity index (χ2n) is 2.85. The Morgan fingerprint density at radius 2 is 1.65 bits per heavy atom. The van der Waals surface area contributed by atoms with Crippen LogP contribution in [0.2, 0.25) is 0 Å². The fourth-order valence-corrected chi connectivity index (χ4v) is 0.819. The molecule has 4 heteroatoms. The quantitative estimate of drug-likeness (QED) is 0.662. The van der Waals surface area contributed by atoms with Gasteiger partial charge in [0, 0.05) is 26.0 Å². The van der Waals surface area contributed by atoms with E-state index in [1.54, 1.807) is 7.05 Å². The average molecular weight is 240 g/mol. The Morgan fingerprint density at radius 1 is 1.29 bits per heavy atom. The molecule has 0 aromatic carbocycles. The van der Waals surface area contributed by atoms with Crippen LogP contribution in [0.25, 0.3) is 0 Å². The van der Waals surface area contributed by atoms with Crippen LogP contribution in [0, 0.1) is 0 Å². The summed E-state index contributed by atoms with van der Waals surface area (Å²) in [4.78, 5) is 9.39. The molecule has 4 nitrogen and oxygen atoms in total. The zero-order chi connectivity index (χ0) is 14.4. The van der Waals surface area contributed by atoms with Crippen molar-refractivity contribution in [1.29, 1.82) is 0 Å². The predicted molar refractivity (Wildman–Crippen MR) is 80.7 cm³/mol. The van der Waals surface area contributed by atoms with Crippen LogP contribution in [0.1, 0.15) is 27.7 Å². The monoisotopic (exact) mass is 240 g/mol. The van der Waals surface area contributed by atoms with Gasteiger partial charge in [-0.1, -0.05) is 20.4 Å². The molecule has 0 spiro atoms. The van der Waals surface area contributed by atoms with E-state index in [1.807, 2.05) is 45.8 Å². The minimum atomic E-state index is 0.808. The van der Waals surface area contributed by atoms with Crippen LogP contribution in [0.5, 0.6) is 0 Å². The molecule has 0 saturated carbocycles. The second-order valence-corrected chi connectivity index (χ2v) is 2.85. The van der Waals surface area contributed by atoms with Crippen molar-refractivity contribution in [3.8, 4) is 0 Å². The van der Waals surface area contributed by atoms with E-state index in [9.17, 15) is 0 Å². The molecule has 0 aliphatic carbocycles. The summed E-state index contributed by atoms with van der Waals surface area (Å²) in [5.41, 5.74) is 6.76. The van der Waals surface area contributed by atoms with Gasteiger partial charge in [-0.3, -0.25) is 0 Å². The van der Waals surface area contributed by atoms with Gasteiger partial charge < -0.3 is 15.6 Å². The van der Waals surface area contributed by atoms with Gasteiger partial charge in [0.05, 0.1) is 0 Å². The van der Waals surface area contributed by atoms with Gasteiger partial charge in [0.25, 0.3) is 0 Å². The molecule has 0 amide bonds. The fraction of sp³-hybridized carbons (Fsp3) is 0.538. The maximum Gasteiger partial charge on any atom is 0.125 e. The van der Waals surface area contributed by atoms with E-state index in [2.05, 4.69) is 29.0 Å². The standard InChI is InChI=1S/C8H12N2.C2H5N.C2H6.CH5N/c1-6-5-10(4)8(3)9-7(6)2;1-3-2;2*1-2/h5H,3H2,1-2,4H3;1H2,2H3;1-2H3;2H2,1H3. The molecule has 100 valence electrons. The van der Waals surface area contributed by atoms with Gasteiger partial charge in [-0.05, 0) is 33.2 Å². The van der Waals surface area contributed by atoms with E-state index in [4.69, 9.17) is 0 Å². The molecule has 1 rings (SSSR count). The molecule has 0 aromatic rings. The van der Waals surface area contributed by atoms with Crippen molar-refractivity contribution in [2.45, 2.75) is 27.7 Å². The van der Waals surface area contributed by atoms with Crippen molar-refractivity contribution < 1.29 is 0 Å². The highest BCUT2D eigenvalue weighted by Gasteiger charge is 2.06. The van der Waals surface area contributed by atoms with Crippen molar-refractivity contribution in [3.05, 3.63) is 24.2 Å². The van der Waals surface area contributed by atoms with E-state index >= 15 is 0 Å². The van der Waals surface area contributed by atoms with Gasteiger partial charge in [0.2, 0.25) is 0 Å². The first kappa shape index (κ1) is 20.9. The fourth-order valence-electron chi connectivity index (χ4n) is 0.819. The second kappa shape index (κ2) is 14.6. The van der Waals surface area contributed by atoms with Gasteiger partial charge in [-0.15, -0.1) is 0 Å². The normalized spacial score (nSPS) is 12.5. The predicted octanol–water partition coefficient (Wildman–Crippen LogP) is 2.69. The molecule has 0 unspecified atom stereocenters. The lowest BCUT2D eigenvalue weighted by Crippen LogP contribution is -2.15. The number of hydrogen-bond donors (Lipinski definition) is 1. The molecule has 0 atom stereocenters. The summed E-state index contributed by atoms with van der Waals surface area (Å²) >= 11 is 0. The Morgan fingerprint density at radius 3 is 1.94 bits per heavy atom. The lowest BCUT2D eigenvalue weighted by Gasteiger charge is -2.20. The van der Waals surface area contributed by atoms with Crippen molar-refractivity contribution in [3.63, 3.8) is 0 Å². The first-order valence-corrected chi connectivity index (χ1v) is 5.61. The Kier molecular flexibility index (Phi) is 17.9. The Hall–Kier alpha value is -1.42. The molecule has 2 N–H and O–H groups in total. The molecule has 0 fully saturated rings. The Balaban J connectivity index is -0.000000239. The molecule has 0 aromatic heterocycles. The molecular formula is C13H28N4. The molecule has 0 saturated heterocycles. The van der Waals surface area contributed by atoms with Crippen molar-refractivity contribution in [2.24, 2.45) is 15.7 Å². The molecule has 0 radical (unpaired) electrons. The largest absolute Gasteiger partial charge is 0.336 e. The van der Waals surface area contributed by atoms with Crippen molar-refractivity contribution >= 4 is 12.4 Å². The van der Waals surface area contributed by atoms with Crippen LogP contribution in [-0.4, -0.2) is 38.5 Å². The van der Waals surface area contributed by atoms with Crippen LogP contribution >= 0.6 is 0 Å². The maximum absolute atomic E-state index is 4.50. The summed E-state index contributed by atoms with van der Waals surface area (Å²) in [6.07, 6.45) is 2.03. The van der Waals surface area contributed by atoms with Gasteiger partial charge in [0.15, 0.2) is 0 Å². The van der Waals surface area contributed by atoms with Gasteiger partial charge >= 0.3 is 0 Å². The molecule has 0 bridgehead atoms. The van der Waals surface area contributed by atoms with Crippen LogP contribution in [0.15, 0.2) is 34.2 Å². The molecule has 1 heterocycles. The molecule has 1 aliphatic rings. The SMILES string of the molecule is C=C1N=C(C)C(C)=CN1C.C=NC.CC.CN. The van der Waals surface area contributed by atoms with E-state index in [0.29, 0.717) is 0 Å². The Bertz CT molecular complexity index is 265. The summed E-state index contributed by atoms with van der Waals surface area (Å²) < 4.78 is 0. The maximum atomic E-state index is 4.50. The smallest absolute Gasteiger partial charge is 0.125 e. The summed E-state index contributed by atoms with van der Waals surface area (Å²) in [7, 11) is 5.09. The number of hydrogen-bond acceptors (Lipinski definition) is 4. The van der Waals surface area contributed by atoms with Crippen LogP contribution in [-0.2, 0) is 0 Å². The highest BCUT2D eigenvalue weighted by molar-refractivity contribution is 5.98. The third-order valence-corrected chi connectivity index (χ3v) is 1.66. The summed E-state index contributed by atoms with van der Waals surface area (Å²) in [5.74, 6) is 0.808. The van der Waals surface area contributed by atoms with Crippen LogP contribution in [0.4, 0.5) is 0 Å². The third-order valence-electron chi connectivity index (χ3n) is 1.66. The highest BCUT2D eigenvalue weighted by Crippen LogP contribution is 2.12. The minimum absolute atomic E-state index is 0.808. The van der Waals surface area contributed by atoms with E-state index in [0.717, 1.165) is 11.5 Å². The third kappa shape index (κ3) is 10.9. The zero-order valence-electron chi connectivity index (χ0n) is 12.4. The first-order valence-electron chi connectivity index (χ1n) is 5.61. The topological polar surface area (TPSA) is 54.0 Å². The van der Waals surface area contributed by atoms with E-state index in [-0.39, 0.29) is 0 Å². The van der Waals surface area contributed by atoms with E-state index < -0.39 is 0 Å². The summed E-state index contributed by atoms with van der Waals surface area (Å²) in [6, 6.07) is 0. The average Bonchev–Trinajstić information content (AvgIpc) is 2.33. The Labute approximate surface area is 107 Å². The minimum Gasteiger partial charge on any atom is -0.336 e. The number of aliphatic imine (C=N–C) groups is 2. The highest BCUT2D eigenvalue weighted by atomic mass is 15.2. The first-order chi connectivity index (χ1) is 8.02. The van der Waals surface area contributed by atoms with Crippen LogP contribution in [0.3, 0.4) is 0 Å². The number of nitrogens with two attached hydrogens (primary N) is 1. The van der Waals surface area contributed by atoms with Gasteiger partial charge in [0.1, 0.15) is 5.82 Å². The molecule has 1 aliphatic heterocycles.